The Morgan fingerprint density at radius 2 is 2.25 bits per heavy atom. The average molecular weight is 217 g/mol. The smallest absolute Gasteiger partial charge is 0.182 e. The molecule has 1 saturated heterocycles. The summed E-state index contributed by atoms with van der Waals surface area (Å²) in [5.41, 5.74) is 1.71. The van der Waals surface area contributed by atoms with Gasteiger partial charge in [0.25, 0.3) is 0 Å². The molecule has 2 aromatic rings. The SMILES string of the molecule is CC1CCCCN1c1ncnc2nc[nH]c12. The van der Waals surface area contributed by atoms with Crippen LogP contribution in [0.15, 0.2) is 12.7 Å². The molecule has 3 rings (SSSR count). The number of nitrogens with zero attached hydrogens (tertiary/aromatic N) is 4. The molecule has 84 valence electrons. The third-order valence-corrected chi connectivity index (χ3v) is 3.28. The van der Waals surface area contributed by atoms with Crippen LogP contribution in [-0.4, -0.2) is 32.5 Å². The molecule has 0 saturated carbocycles. The number of piperidine rings is 1. The molecule has 0 aliphatic carbocycles. The third-order valence-electron chi connectivity index (χ3n) is 3.28. The van der Waals surface area contributed by atoms with Crippen molar-refractivity contribution < 1.29 is 0 Å². The van der Waals surface area contributed by atoms with E-state index >= 15 is 0 Å². The van der Waals surface area contributed by atoms with Crippen LogP contribution in [0.3, 0.4) is 0 Å². The van der Waals surface area contributed by atoms with Crippen molar-refractivity contribution in [1.82, 2.24) is 19.9 Å². The molecule has 1 aliphatic heterocycles. The highest BCUT2D eigenvalue weighted by atomic mass is 15.2. The monoisotopic (exact) mass is 217 g/mol. The fourth-order valence-electron chi connectivity index (χ4n) is 2.38. The molecular formula is C11H15N5. The van der Waals surface area contributed by atoms with E-state index in [4.69, 9.17) is 0 Å². The van der Waals surface area contributed by atoms with E-state index in [0.717, 1.165) is 23.5 Å². The van der Waals surface area contributed by atoms with Crippen molar-refractivity contribution in [3.8, 4) is 0 Å². The first-order valence-corrected chi connectivity index (χ1v) is 5.77. The van der Waals surface area contributed by atoms with Crippen molar-refractivity contribution in [3.63, 3.8) is 0 Å². The Balaban J connectivity index is 2.07. The van der Waals surface area contributed by atoms with Crippen LogP contribution in [0.25, 0.3) is 11.2 Å². The predicted octanol–water partition coefficient (Wildman–Crippen LogP) is 1.73. The van der Waals surface area contributed by atoms with Gasteiger partial charge >= 0.3 is 0 Å². The van der Waals surface area contributed by atoms with Crippen molar-refractivity contribution >= 4 is 17.0 Å². The Kier molecular flexibility index (Phi) is 2.23. The second kappa shape index (κ2) is 3.73. The number of rotatable bonds is 1. The lowest BCUT2D eigenvalue weighted by Gasteiger charge is -2.34. The molecule has 1 unspecified atom stereocenters. The number of nitrogens with one attached hydrogen (secondary N) is 1. The number of aromatic amines is 1. The van der Waals surface area contributed by atoms with Crippen molar-refractivity contribution in [2.45, 2.75) is 32.2 Å². The molecule has 2 aromatic heterocycles. The maximum absolute atomic E-state index is 4.40. The molecule has 0 spiro atoms. The van der Waals surface area contributed by atoms with Crippen molar-refractivity contribution in [1.29, 1.82) is 0 Å². The molecule has 0 aromatic carbocycles. The van der Waals surface area contributed by atoms with Crippen LogP contribution in [0.4, 0.5) is 5.82 Å². The van der Waals surface area contributed by atoms with Gasteiger partial charge in [0.2, 0.25) is 0 Å². The molecule has 0 amide bonds. The van der Waals surface area contributed by atoms with Crippen molar-refractivity contribution in [2.24, 2.45) is 0 Å². The maximum atomic E-state index is 4.40. The number of aromatic nitrogens is 4. The van der Waals surface area contributed by atoms with Crippen molar-refractivity contribution in [2.75, 3.05) is 11.4 Å². The molecule has 16 heavy (non-hydrogen) atoms. The minimum Gasteiger partial charge on any atom is -0.352 e. The van der Waals surface area contributed by atoms with Crippen LogP contribution in [-0.2, 0) is 0 Å². The quantitative estimate of drug-likeness (QED) is 0.790. The van der Waals surface area contributed by atoms with E-state index in [1.165, 1.54) is 19.3 Å². The first-order chi connectivity index (χ1) is 7.86. The fraction of sp³-hybridized carbons (Fsp3) is 0.545. The molecule has 3 heterocycles. The summed E-state index contributed by atoms with van der Waals surface area (Å²) < 4.78 is 0. The minimum atomic E-state index is 0.551. The molecular weight excluding hydrogens is 202 g/mol. The van der Waals surface area contributed by atoms with Crippen LogP contribution >= 0.6 is 0 Å². The van der Waals surface area contributed by atoms with E-state index < -0.39 is 0 Å². The van der Waals surface area contributed by atoms with E-state index in [0.29, 0.717) is 6.04 Å². The van der Waals surface area contributed by atoms with Gasteiger partial charge < -0.3 is 9.88 Å². The highest BCUT2D eigenvalue weighted by Crippen LogP contribution is 2.26. The predicted molar refractivity (Wildman–Crippen MR) is 62.3 cm³/mol. The Morgan fingerprint density at radius 3 is 3.12 bits per heavy atom. The molecule has 1 N–H and O–H groups in total. The Morgan fingerprint density at radius 1 is 1.31 bits per heavy atom. The zero-order valence-corrected chi connectivity index (χ0v) is 9.35. The van der Waals surface area contributed by atoms with E-state index in [9.17, 15) is 0 Å². The van der Waals surface area contributed by atoms with Gasteiger partial charge in [-0.15, -0.1) is 0 Å². The lowest BCUT2D eigenvalue weighted by atomic mass is 10.0. The Labute approximate surface area is 93.9 Å². The number of hydrogen-bond acceptors (Lipinski definition) is 4. The number of fused-ring (bicyclic) bond motifs is 1. The first-order valence-electron chi connectivity index (χ1n) is 5.77. The van der Waals surface area contributed by atoms with Gasteiger partial charge in [-0.2, -0.15) is 0 Å². The number of imidazole rings is 1. The highest BCUT2D eigenvalue weighted by molar-refractivity contribution is 5.82. The summed E-state index contributed by atoms with van der Waals surface area (Å²) in [5, 5.41) is 0. The van der Waals surface area contributed by atoms with Gasteiger partial charge in [0.1, 0.15) is 11.8 Å². The van der Waals surface area contributed by atoms with Crippen LogP contribution in [0.2, 0.25) is 0 Å². The van der Waals surface area contributed by atoms with Crippen molar-refractivity contribution in [3.05, 3.63) is 12.7 Å². The van der Waals surface area contributed by atoms with Gasteiger partial charge in [0, 0.05) is 12.6 Å². The lowest BCUT2D eigenvalue weighted by Crippen LogP contribution is -2.38. The summed E-state index contributed by atoms with van der Waals surface area (Å²) in [7, 11) is 0. The maximum Gasteiger partial charge on any atom is 0.182 e. The van der Waals surface area contributed by atoms with E-state index in [2.05, 4.69) is 31.8 Å². The summed E-state index contributed by atoms with van der Waals surface area (Å²) in [6.45, 7) is 3.33. The second-order valence-corrected chi connectivity index (χ2v) is 4.34. The molecule has 5 nitrogen and oxygen atoms in total. The Hall–Kier alpha value is -1.65. The summed E-state index contributed by atoms with van der Waals surface area (Å²) in [4.78, 5) is 18.2. The number of H-pyrrole nitrogens is 1. The highest BCUT2D eigenvalue weighted by Gasteiger charge is 2.22. The summed E-state index contributed by atoms with van der Waals surface area (Å²) in [6.07, 6.45) is 7.07. The fourth-order valence-corrected chi connectivity index (χ4v) is 2.38. The van der Waals surface area contributed by atoms with E-state index in [1.807, 2.05) is 0 Å². The second-order valence-electron chi connectivity index (χ2n) is 4.34. The molecule has 1 atom stereocenters. The van der Waals surface area contributed by atoms with Gasteiger partial charge in [0.05, 0.1) is 6.33 Å². The van der Waals surface area contributed by atoms with Gasteiger partial charge in [-0.05, 0) is 26.2 Å². The lowest BCUT2D eigenvalue weighted by molar-refractivity contribution is 0.482. The third kappa shape index (κ3) is 1.43. The molecule has 1 aliphatic rings. The van der Waals surface area contributed by atoms with Crippen LogP contribution in [0.1, 0.15) is 26.2 Å². The van der Waals surface area contributed by atoms with Crippen LogP contribution < -0.4 is 4.90 Å². The first kappa shape index (κ1) is 9.57. The average Bonchev–Trinajstić information content (AvgIpc) is 2.77. The van der Waals surface area contributed by atoms with Gasteiger partial charge in [-0.25, -0.2) is 15.0 Å². The standard InChI is InChI=1S/C11H15N5/c1-8-4-2-3-5-16(8)11-9-10(13-6-12-9)14-7-15-11/h6-8H,2-5H2,1H3,(H,12,13,14,15). The van der Waals surface area contributed by atoms with E-state index in [1.54, 1.807) is 12.7 Å². The van der Waals surface area contributed by atoms with Gasteiger partial charge in [-0.3, -0.25) is 0 Å². The van der Waals surface area contributed by atoms with Gasteiger partial charge in [0.15, 0.2) is 11.5 Å². The Bertz CT molecular complexity index is 492. The summed E-state index contributed by atoms with van der Waals surface area (Å²) in [6, 6.07) is 0.551. The largest absolute Gasteiger partial charge is 0.352 e. The van der Waals surface area contributed by atoms with Crippen LogP contribution in [0, 0.1) is 0 Å². The molecule has 0 radical (unpaired) electrons. The minimum absolute atomic E-state index is 0.551. The summed E-state index contributed by atoms with van der Waals surface area (Å²) in [5.74, 6) is 0.995. The zero-order chi connectivity index (χ0) is 11.0. The van der Waals surface area contributed by atoms with E-state index in [-0.39, 0.29) is 0 Å². The van der Waals surface area contributed by atoms with Crippen LogP contribution in [0.5, 0.6) is 0 Å². The normalized spacial score (nSPS) is 21.6. The number of hydrogen-bond donors (Lipinski definition) is 1. The topological polar surface area (TPSA) is 57.7 Å². The molecule has 5 heteroatoms. The van der Waals surface area contributed by atoms with Gasteiger partial charge in [-0.1, -0.05) is 0 Å². The molecule has 1 fully saturated rings. The molecule has 0 bridgehead atoms. The zero-order valence-electron chi connectivity index (χ0n) is 9.35. The number of anilines is 1. The summed E-state index contributed by atoms with van der Waals surface area (Å²) >= 11 is 0.